The molecule has 4 heteroatoms. The van der Waals surface area contributed by atoms with Gasteiger partial charge in [0.15, 0.2) is 5.79 Å². The average molecular weight is 277 g/mol. The molecule has 4 nitrogen and oxygen atoms in total. The molecular formula is C16H23NO3. The molecule has 2 saturated heterocycles. The lowest BCUT2D eigenvalue weighted by atomic mass is 10.1. The van der Waals surface area contributed by atoms with Crippen LogP contribution in [0.1, 0.15) is 25.8 Å². The van der Waals surface area contributed by atoms with Crippen molar-refractivity contribution in [3.8, 4) is 0 Å². The van der Waals surface area contributed by atoms with E-state index in [2.05, 4.69) is 4.90 Å². The molecule has 3 rings (SSSR count). The second kappa shape index (κ2) is 5.11. The van der Waals surface area contributed by atoms with Crippen molar-refractivity contribution in [2.45, 2.75) is 37.8 Å². The SMILES string of the molecule is CC1(O)CCN(CC2COC(C)(c3ccccc3)O2)C1. The number of nitrogens with zero attached hydrogens (tertiary/aromatic N) is 1. The molecule has 0 aliphatic carbocycles. The molecule has 0 bridgehead atoms. The second-order valence-corrected chi connectivity index (χ2v) is 6.34. The van der Waals surface area contributed by atoms with Crippen LogP contribution in [0.25, 0.3) is 0 Å². The number of likely N-dealkylation sites (tertiary alicyclic amines) is 1. The zero-order valence-electron chi connectivity index (χ0n) is 12.2. The van der Waals surface area contributed by atoms with Gasteiger partial charge in [-0.05, 0) is 20.3 Å². The fraction of sp³-hybridized carbons (Fsp3) is 0.625. The van der Waals surface area contributed by atoms with Crippen LogP contribution in [0.15, 0.2) is 30.3 Å². The average Bonchev–Trinajstić information content (AvgIpc) is 2.95. The number of aliphatic hydroxyl groups is 1. The Hall–Kier alpha value is -0.940. The maximum absolute atomic E-state index is 10.0. The van der Waals surface area contributed by atoms with E-state index in [0.29, 0.717) is 6.61 Å². The van der Waals surface area contributed by atoms with Crippen LogP contribution in [-0.4, -0.2) is 48.0 Å². The second-order valence-electron chi connectivity index (χ2n) is 6.34. The Morgan fingerprint density at radius 1 is 1.30 bits per heavy atom. The highest BCUT2D eigenvalue weighted by Crippen LogP contribution is 2.34. The lowest BCUT2D eigenvalue weighted by Crippen LogP contribution is -2.36. The fourth-order valence-electron chi connectivity index (χ4n) is 3.10. The van der Waals surface area contributed by atoms with Gasteiger partial charge in [-0.25, -0.2) is 0 Å². The first-order valence-electron chi connectivity index (χ1n) is 7.29. The molecule has 0 aromatic heterocycles. The monoisotopic (exact) mass is 277 g/mol. The van der Waals surface area contributed by atoms with Crippen LogP contribution < -0.4 is 0 Å². The van der Waals surface area contributed by atoms with Gasteiger partial charge < -0.3 is 14.6 Å². The highest BCUT2D eigenvalue weighted by Gasteiger charge is 2.41. The molecule has 1 N–H and O–H groups in total. The zero-order valence-corrected chi connectivity index (χ0v) is 12.2. The van der Waals surface area contributed by atoms with Gasteiger partial charge in [0.25, 0.3) is 0 Å². The van der Waals surface area contributed by atoms with E-state index in [1.807, 2.05) is 44.2 Å². The first kappa shape index (κ1) is 14.0. The number of β-amino-alcohol motifs (C(OH)–C–C–N with tert-alkyl or cyclic N) is 1. The van der Waals surface area contributed by atoms with Crippen LogP contribution in [0.4, 0.5) is 0 Å². The molecule has 110 valence electrons. The van der Waals surface area contributed by atoms with Crippen molar-refractivity contribution in [2.24, 2.45) is 0 Å². The maximum Gasteiger partial charge on any atom is 0.192 e. The van der Waals surface area contributed by atoms with Crippen LogP contribution in [-0.2, 0) is 15.3 Å². The van der Waals surface area contributed by atoms with Gasteiger partial charge in [-0.1, -0.05) is 30.3 Å². The summed E-state index contributed by atoms with van der Waals surface area (Å²) in [5, 5.41) is 10.0. The van der Waals surface area contributed by atoms with E-state index in [-0.39, 0.29) is 6.10 Å². The van der Waals surface area contributed by atoms with E-state index in [4.69, 9.17) is 9.47 Å². The molecule has 1 aromatic carbocycles. The minimum Gasteiger partial charge on any atom is -0.389 e. The Kier molecular flexibility index (Phi) is 3.58. The molecule has 2 fully saturated rings. The molecule has 2 aliphatic heterocycles. The van der Waals surface area contributed by atoms with Crippen LogP contribution in [0, 0.1) is 0 Å². The predicted molar refractivity (Wildman–Crippen MR) is 76.3 cm³/mol. The van der Waals surface area contributed by atoms with Crippen molar-refractivity contribution in [3.63, 3.8) is 0 Å². The fourth-order valence-corrected chi connectivity index (χ4v) is 3.10. The summed E-state index contributed by atoms with van der Waals surface area (Å²) in [6, 6.07) is 10.0. The lowest BCUT2D eigenvalue weighted by molar-refractivity contribution is -0.163. The highest BCUT2D eigenvalue weighted by atomic mass is 16.7. The third-order valence-corrected chi connectivity index (χ3v) is 4.23. The van der Waals surface area contributed by atoms with Crippen molar-refractivity contribution in [2.75, 3.05) is 26.2 Å². The topological polar surface area (TPSA) is 41.9 Å². The van der Waals surface area contributed by atoms with Crippen LogP contribution in [0.5, 0.6) is 0 Å². The lowest BCUT2D eigenvalue weighted by Gasteiger charge is -2.25. The summed E-state index contributed by atoms with van der Waals surface area (Å²) in [6.45, 7) is 6.93. The number of benzene rings is 1. The summed E-state index contributed by atoms with van der Waals surface area (Å²) in [5.41, 5.74) is 0.498. The summed E-state index contributed by atoms with van der Waals surface area (Å²) in [4.78, 5) is 2.25. The minimum absolute atomic E-state index is 0.0640. The van der Waals surface area contributed by atoms with Crippen molar-refractivity contribution < 1.29 is 14.6 Å². The van der Waals surface area contributed by atoms with E-state index >= 15 is 0 Å². The summed E-state index contributed by atoms with van der Waals surface area (Å²) in [6.07, 6.45) is 0.894. The number of ether oxygens (including phenoxy) is 2. The Morgan fingerprint density at radius 3 is 2.70 bits per heavy atom. The predicted octanol–water partition coefficient (Wildman–Crippen LogP) is 1.73. The third kappa shape index (κ3) is 2.88. The normalized spacial score (nSPS) is 38.5. The van der Waals surface area contributed by atoms with Crippen molar-refractivity contribution in [1.82, 2.24) is 4.90 Å². The van der Waals surface area contributed by atoms with Crippen molar-refractivity contribution in [3.05, 3.63) is 35.9 Å². The summed E-state index contributed by atoms with van der Waals surface area (Å²) in [5.74, 6) is -0.645. The van der Waals surface area contributed by atoms with Crippen molar-refractivity contribution in [1.29, 1.82) is 0 Å². The molecule has 0 spiro atoms. The van der Waals surface area contributed by atoms with Gasteiger partial charge in [-0.15, -0.1) is 0 Å². The Morgan fingerprint density at radius 2 is 2.05 bits per heavy atom. The standard InChI is InChI=1S/C16H23NO3/c1-15(18)8-9-17(12-15)10-14-11-19-16(2,20-14)13-6-4-3-5-7-13/h3-7,14,18H,8-12H2,1-2H3. The molecule has 20 heavy (non-hydrogen) atoms. The van der Waals surface area contributed by atoms with E-state index < -0.39 is 11.4 Å². The molecule has 2 heterocycles. The van der Waals surface area contributed by atoms with Gasteiger partial charge >= 0.3 is 0 Å². The first-order valence-corrected chi connectivity index (χ1v) is 7.29. The van der Waals surface area contributed by atoms with Crippen LogP contribution in [0.2, 0.25) is 0 Å². The number of rotatable bonds is 3. The zero-order chi connectivity index (χ0) is 14.2. The third-order valence-electron chi connectivity index (χ3n) is 4.23. The van der Waals surface area contributed by atoms with E-state index in [1.165, 1.54) is 0 Å². The number of hydrogen-bond acceptors (Lipinski definition) is 4. The van der Waals surface area contributed by atoms with Crippen LogP contribution >= 0.6 is 0 Å². The molecule has 0 saturated carbocycles. The highest BCUT2D eigenvalue weighted by molar-refractivity contribution is 5.20. The van der Waals surface area contributed by atoms with Gasteiger partial charge in [0.05, 0.1) is 18.3 Å². The smallest absolute Gasteiger partial charge is 0.192 e. The maximum atomic E-state index is 10.0. The van der Waals surface area contributed by atoms with Gasteiger partial charge in [0.2, 0.25) is 0 Å². The van der Waals surface area contributed by atoms with E-state index in [0.717, 1.165) is 31.6 Å². The van der Waals surface area contributed by atoms with E-state index in [1.54, 1.807) is 0 Å². The molecule has 3 atom stereocenters. The van der Waals surface area contributed by atoms with Gasteiger partial charge in [0.1, 0.15) is 0 Å². The largest absolute Gasteiger partial charge is 0.389 e. The van der Waals surface area contributed by atoms with Gasteiger partial charge in [0, 0.05) is 25.2 Å². The number of hydrogen-bond donors (Lipinski definition) is 1. The van der Waals surface area contributed by atoms with E-state index in [9.17, 15) is 5.11 Å². The molecule has 3 unspecified atom stereocenters. The molecule has 0 radical (unpaired) electrons. The molecule has 2 aliphatic rings. The Bertz CT molecular complexity index is 462. The first-order chi connectivity index (χ1) is 9.47. The molecular weight excluding hydrogens is 254 g/mol. The summed E-state index contributed by atoms with van der Waals surface area (Å²) < 4.78 is 12.0. The minimum atomic E-state index is -0.645. The van der Waals surface area contributed by atoms with Crippen molar-refractivity contribution >= 4 is 0 Å². The summed E-state index contributed by atoms with van der Waals surface area (Å²) >= 11 is 0. The van der Waals surface area contributed by atoms with Gasteiger partial charge in [-0.3, -0.25) is 4.90 Å². The Balaban J connectivity index is 1.60. The Labute approximate surface area is 120 Å². The molecule has 0 amide bonds. The summed E-state index contributed by atoms with van der Waals surface area (Å²) in [7, 11) is 0. The molecule has 1 aromatic rings. The quantitative estimate of drug-likeness (QED) is 0.913. The van der Waals surface area contributed by atoms with Crippen LogP contribution in [0.3, 0.4) is 0 Å². The van der Waals surface area contributed by atoms with Gasteiger partial charge in [-0.2, -0.15) is 0 Å².